The van der Waals surface area contributed by atoms with Crippen LogP contribution in [-0.4, -0.2) is 49.9 Å². The van der Waals surface area contributed by atoms with Gasteiger partial charge in [-0.2, -0.15) is 8.78 Å². The first-order valence-electron chi connectivity index (χ1n) is 10.2. The maximum absolute atomic E-state index is 12.7. The number of alkyl halides is 2. The average Bonchev–Trinajstić information content (AvgIpc) is 3.16. The van der Waals surface area contributed by atoms with Crippen molar-refractivity contribution in [1.29, 1.82) is 0 Å². The number of halogens is 3. The molecule has 0 saturated carbocycles. The predicted octanol–water partition coefficient (Wildman–Crippen LogP) is 3.99. The lowest BCUT2D eigenvalue weighted by Crippen LogP contribution is -2.44. The summed E-state index contributed by atoms with van der Waals surface area (Å²) < 4.78 is 30.1. The summed E-state index contributed by atoms with van der Waals surface area (Å²) in [5.74, 6) is 1.17. The summed E-state index contributed by atoms with van der Waals surface area (Å²) in [7, 11) is 0. The molecule has 1 fully saturated rings. The fourth-order valence-corrected chi connectivity index (χ4v) is 3.53. The van der Waals surface area contributed by atoms with Crippen molar-refractivity contribution in [2.24, 2.45) is 4.99 Å². The second-order valence-corrected chi connectivity index (χ2v) is 7.10. The van der Waals surface area contributed by atoms with E-state index in [-0.39, 0.29) is 41.5 Å². The molecule has 0 amide bonds. The van der Waals surface area contributed by atoms with Gasteiger partial charge < -0.3 is 25.4 Å². The highest BCUT2D eigenvalue weighted by Crippen LogP contribution is 2.31. The van der Waals surface area contributed by atoms with Crippen LogP contribution in [0.5, 0.6) is 11.5 Å². The molecule has 31 heavy (non-hydrogen) atoms. The van der Waals surface area contributed by atoms with E-state index in [9.17, 15) is 13.9 Å². The number of guanidine groups is 1. The molecule has 1 atom stereocenters. The number of nitrogens with one attached hydrogen (secondary N) is 2. The SMILES string of the molecule is CCNC(=NCCc1cccc(O)c1)NC1CCN(c2ccccc2OC(F)F)C1.I. The highest BCUT2D eigenvalue weighted by atomic mass is 127. The topological polar surface area (TPSA) is 69.1 Å². The van der Waals surface area contributed by atoms with Gasteiger partial charge in [-0.3, -0.25) is 4.99 Å². The van der Waals surface area contributed by atoms with E-state index in [0.717, 1.165) is 37.5 Å². The number of ether oxygens (including phenoxy) is 1. The number of aliphatic imine (C=N–C) groups is 1. The molecule has 0 spiro atoms. The van der Waals surface area contributed by atoms with E-state index in [1.54, 1.807) is 30.3 Å². The zero-order valence-corrected chi connectivity index (χ0v) is 19.8. The number of nitrogens with zero attached hydrogens (tertiary/aromatic N) is 2. The molecule has 6 nitrogen and oxygen atoms in total. The van der Waals surface area contributed by atoms with E-state index >= 15 is 0 Å². The number of phenols is 1. The Hall–Kier alpha value is -2.30. The maximum atomic E-state index is 12.7. The van der Waals surface area contributed by atoms with Crippen LogP contribution in [0.2, 0.25) is 0 Å². The van der Waals surface area contributed by atoms with Gasteiger partial charge in [0, 0.05) is 32.2 Å². The Morgan fingerprint density at radius 2 is 2.06 bits per heavy atom. The summed E-state index contributed by atoms with van der Waals surface area (Å²) in [6.45, 7) is 1.89. The molecule has 1 unspecified atom stereocenters. The van der Waals surface area contributed by atoms with Crippen molar-refractivity contribution < 1.29 is 18.6 Å². The summed E-state index contributed by atoms with van der Waals surface area (Å²) in [6, 6.07) is 14.2. The van der Waals surface area contributed by atoms with Crippen LogP contribution in [0.4, 0.5) is 14.5 Å². The van der Waals surface area contributed by atoms with Crippen molar-refractivity contribution in [3.63, 3.8) is 0 Å². The van der Waals surface area contributed by atoms with Gasteiger partial charge in [-0.05, 0) is 49.6 Å². The zero-order chi connectivity index (χ0) is 21.3. The first kappa shape index (κ1) is 25.0. The third kappa shape index (κ3) is 7.71. The Morgan fingerprint density at radius 3 is 2.81 bits per heavy atom. The second kappa shape index (κ2) is 12.5. The fraction of sp³-hybridized carbons (Fsp3) is 0.409. The number of benzene rings is 2. The van der Waals surface area contributed by atoms with Crippen molar-refractivity contribution in [2.45, 2.75) is 32.4 Å². The Labute approximate surface area is 198 Å². The molecule has 9 heteroatoms. The van der Waals surface area contributed by atoms with Crippen molar-refractivity contribution >= 4 is 35.6 Å². The van der Waals surface area contributed by atoms with Gasteiger partial charge in [0.05, 0.1) is 5.69 Å². The molecule has 0 bridgehead atoms. The molecular formula is C22H29F2IN4O2. The molecule has 1 saturated heterocycles. The van der Waals surface area contributed by atoms with Crippen LogP contribution in [0.1, 0.15) is 18.9 Å². The van der Waals surface area contributed by atoms with Gasteiger partial charge in [0.25, 0.3) is 0 Å². The van der Waals surface area contributed by atoms with Crippen LogP contribution >= 0.6 is 24.0 Å². The van der Waals surface area contributed by atoms with Gasteiger partial charge in [0.1, 0.15) is 11.5 Å². The molecule has 170 valence electrons. The largest absolute Gasteiger partial charge is 0.508 e. The van der Waals surface area contributed by atoms with E-state index in [4.69, 9.17) is 0 Å². The standard InChI is InChI=1S/C22H28F2N4O2.HI/c1-2-25-22(26-12-10-16-6-5-7-18(29)14-16)27-17-11-13-28(15-17)19-8-3-4-9-20(19)30-21(23)24;/h3-9,14,17,21,29H,2,10-13,15H2,1H3,(H2,25,26,27);1H. The minimum atomic E-state index is -2.85. The lowest BCUT2D eigenvalue weighted by atomic mass is 10.1. The average molecular weight is 546 g/mol. The summed E-state index contributed by atoms with van der Waals surface area (Å²) in [5, 5.41) is 16.2. The molecule has 2 aromatic carbocycles. The van der Waals surface area contributed by atoms with Crippen molar-refractivity contribution in [3.05, 3.63) is 54.1 Å². The van der Waals surface area contributed by atoms with Gasteiger partial charge in [0.2, 0.25) is 0 Å². The zero-order valence-electron chi connectivity index (χ0n) is 17.4. The van der Waals surface area contributed by atoms with Gasteiger partial charge in [-0.25, -0.2) is 0 Å². The van der Waals surface area contributed by atoms with E-state index < -0.39 is 6.61 Å². The third-order valence-electron chi connectivity index (χ3n) is 4.88. The molecule has 2 aromatic rings. The first-order chi connectivity index (χ1) is 14.5. The number of aromatic hydroxyl groups is 1. The number of para-hydroxylation sites is 2. The van der Waals surface area contributed by atoms with Gasteiger partial charge in [-0.1, -0.05) is 24.3 Å². The molecule has 1 aliphatic heterocycles. The number of hydrogen-bond acceptors (Lipinski definition) is 4. The Bertz CT molecular complexity index is 854. The Kier molecular flexibility index (Phi) is 10.1. The molecule has 3 rings (SSSR count). The van der Waals surface area contributed by atoms with E-state index in [1.807, 2.05) is 30.0 Å². The second-order valence-electron chi connectivity index (χ2n) is 7.10. The van der Waals surface area contributed by atoms with Gasteiger partial charge in [-0.15, -0.1) is 24.0 Å². The number of anilines is 1. The van der Waals surface area contributed by atoms with Crippen LogP contribution in [0.25, 0.3) is 0 Å². The molecule has 0 radical (unpaired) electrons. The van der Waals surface area contributed by atoms with E-state index in [2.05, 4.69) is 20.4 Å². The summed E-state index contributed by atoms with van der Waals surface area (Å²) in [6.07, 6.45) is 1.58. The summed E-state index contributed by atoms with van der Waals surface area (Å²) in [4.78, 5) is 6.67. The molecule has 1 aliphatic rings. The highest BCUT2D eigenvalue weighted by molar-refractivity contribution is 14.0. The predicted molar refractivity (Wildman–Crippen MR) is 130 cm³/mol. The van der Waals surface area contributed by atoms with Crippen molar-refractivity contribution in [3.8, 4) is 11.5 Å². The number of rotatable bonds is 8. The quantitative estimate of drug-likeness (QED) is 0.266. The Balaban J connectivity index is 0.00000341. The summed E-state index contributed by atoms with van der Waals surface area (Å²) in [5.41, 5.74) is 1.70. The monoisotopic (exact) mass is 546 g/mol. The fourth-order valence-electron chi connectivity index (χ4n) is 3.53. The lowest BCUT2D eigenvalue weighted by molar-refractivity contribution is -0.0495. The smallest absolute Gasteiger partial charge is 0.387 e. The van der Waals surface area contributed by atoms with E-state index in [1.165, 1.54) is 0 Å². The number of phenolic OH excluding ortho intramolecular Hbond substituents is 1. The highest BCUT2D eigenvalue weighted by Gasteiger charge is 2.26. The van der Waals surface area contributed by atoms with Gasteiger partial charge >= 0.3 is 6.61 Å². The normalized spacial score (nSPS) is 16.2. The van der Waals surface area contributed by atoms with E-state index in [0.29, 0.717) is 18.8 Å². The minimum Gasteiger partial charge on any atom is -0.508 e. The van der Waals surface area contributed by atoms with Crippen LogP contribution < -0.4 is 20.3 Å². The van der Waals surface area contributed by atoms with Crippen LogP contribution in [-0.2, 0) is 6.42 Å². The summed E-state index contributed by atoms with van der Waals surface area (Å²) >= 11 is 0. The van der Waals surface area contributed by atoms with Crippen LogP contribution in [0.3, 0.4) is 0 Å². The van der Waals surface area contributed by atoms with Gasteiger partial charge in [0.15, 0.2) is 5.96 Å². The third-order valence-corrected chi connectivity index (χ3v) is 4.88. The molecule has 1 heterocycles. The van der Waals surface area contributed by atoms with Crippen molar-refractivity contribution in [1.82, 2.24) is 10.6 Å². The molecule has 3 N–H and O–H groups in total. The Morgan fingerprint density at radius 1 is 1.26 bits per heavy atom. The molecule has 0 aromatic heterocycles. The maximum Gasteiger partial charge on any atom is 0.387 e. The van der Waals surface area contributed by atoms with Crippen molar-refractivity contribution in [2.75, 3.05) is 31.1 Å². The molecule has 0 aliphatic carbocycles. The lowest BCUT2D eigenvalue weighted by Gasteiger charge is -2.22. The molecular weight excluding hydrogens is 517 g/mol. The minimum absolute atomic E-state index is 0. The first-order valence-corrected chi connectivity index (χ1v) is 10.2. The van der Waals surface area contributed by atoms with Crippen LogP contribution in [0, 0.1) is 0 Å². The van der Waals surface area contributed by atoms with Crippen LogP contribution in [0.15, 0.2) is 53.5 Å². The number of hydrogen-bond donors (Lipinski definition) is 3.